The molecule has 0 radical (unpaired) electrons. The van der Waals surface area contributed by atoms with Crippen molar-refractivity contribution < 1.29 is 31.8 Å². The molecule has 0 spiro atoms. The number of hydrogen-bond donors (Lipinski definition) is 0. The molecule has 1 rings (SSSR count). The maximum Gasteiger partial charge on any atom is 0.573 e. The molecule has 0 saturated carbocycles. The van der Waals surface area contributed by atoms with Gasteiger partial charge in [-0.3, -0.25) is 9.78 Å². The highest BCUT2D eigenvalue weighted by atomic mass is 35.5. The first-order valence-corrected chi connectivity index (χ1v) is 5.95. The van der Waals surface area contributed by atoms with E-state index in [1.54, 1.807) is 0 Å². The highest BCUT2D eigenvalue weighted by Gasteiger charge is 2.35. The maximum atomic E-state index is 13.5. The topological polar surface area (TPSA) is 48.4 Å². The van der Waals surface area contributed by atoms with Crippen molar-refractivity contribution in [2.75, 3.05) is 6.61 Å². The number of halogens is 5. The van der Waals surface area contributed by atoms with Gasteiger partial charge in [0.25, 0.3) is 0 Å². The van der Waals surface area contributed by atoms with E-state index in [9.17, 15) is 22.4 Å². The first-order chi connectivity index (χ1) is 9.28. The van der Waals surface area contributed by atoms with Gasteiger partial charge in [-0.05, 0) is 6.92 Å². The highest BCUT2D eigenvalue weighted by Crippen LogP contribution is 2.31. The monoisotopic (exact) mass is 315 g/mol. The summed E-state index contributed by atoms with van der Waals surface area (Å²) >= 11 is 5.51. The normalized spacial score (nSPS) is 11.3. The number of nitrogens with zero attached hydrogens (tertiary/aromatic N) is 1. The third-order valence-electron chi connectivity index (χ3n) is 2.14. The van der Waals surface area contributed by atoms with Crippen LogP contribution in [0.4, 0.5) is 17.6 Å². The largest absolute Gasteiger partial charge is 0.573 e. The van der Waals surface area contributed by atoms with Gasteiger partial charge in [-0.1, -0.05) is 0 Å². The number of pyridine rings is 1. The molecule has 0 aliphatic rings. The fraction of sp³-hybridized carbons (Fsp3) is 0.455. The molecule has 4 nitrogen and oxygen atoms in total. The minimum Gasteiger partial charge on any atom is -0.466 e. The summed E-state index contributed by atoms with van der Waals surface area (Å²) in [6, 6.07) is 0. The van der Waals surface area contributed by atoms with Crippen molar-refractivity contribution >= 4 is 17.6 Å². The van der Waals surface area contributed by atoms with Crippen LogP contribution in [0.2, 0.25) is 0 Å². The first-order valence-electron chi connectivity index (χ1n) is 5.42. The van der Waals surface area contributed by atoms with Crippen LogP contribution in [0, 0.1) is 5.82 Å². The van der Waals surface area contributed by atoms with E-state index in [0.717, 1.165) is 0 Å². The minimum atomic E-state index is -5.10. The Kier molecular flexibility index (Phi) is 5.55. The summed E-state index contributed by atoms with van der Waals surface area (Å²) in [6.07, 6.45) is -5.17. The van der Waals surface area contributed by atoms with E-state index in [4.69, 9.17) is 11.6 Å². The van der Waals surface area contributed by atoms with E-state index in [1.165, 1.54) is 6.92 Å². The summed E-state index contributed by atoms with van der Waals surface area (Å²) in [5.74, 6) is -3.59. The first kappa shape index (κ1) is 16.5. The standard InChI is InChI=1S/C11H10ClF4NO3/c1-2-19-9(18)3-6-8(4-12)17-5-7(13)10(6)20-11(14,15)16/h5H,2-4H2,1H3. The van der Waals surface area contributed by atoms with E-state index in [-0.39, 0.29) is 23.7 Å². The molecule has 1 heterocycles. The Hall–Kier alpha value is -1.57. The van der Waals surface area contributed by atoms with Crippen LogP contribution in [0.3, 0.4) is 0 Å². The van der Waals surface area contributed by atoms with E-state index < -0.39 is 30.3 Å². The number of ether oxygens (including phenoxy) is 2. The average Bonchev–Trinajstić information content (AvgIpc) is 2.33. The van der Waals surface area contributed by atoms with E-state index in [2.05, 4.69) is 14.5 Å². The van der Waals surface area contributed by atoms with Crippen molar-refractivity contribution in [1.29, 1.82) is 0 Å². The van der Waals surface area contributed by atoms with Crippen LogP contribution < -0.4 is 4.74 Å². The molecule has 0 aliphatic carbocycles. The van der Waals surface area contributed by atoms with Crippen LogP contribution in [0.1, 0.15) is 18.2 Å². The molecule has 0 bridgehead atoms. The lowest BCUT2D eigenvalue weighted by molar-refractivity contribution is -0.276. The lowest BCUT2D eigenvalue weighted by atomic mass is 10.1. The van der Waals surface area contributed by atoms with E-state index >= 15 is 0 Å². The molecule has 112 valence electrons. The molecule has 0 unspecified atom stereocenters. The summed E-state index contributed by atoms with van der Waals surface area (Å²) in [7, 11) is 0. The Morgan fingerprint density at radius 1 is 1.45 bits per heavy atom. The fourth-order valence-corrected chi connectivity index (χ4v) is 1.66. The summed E-state index contributed by atoms with van der Waals surface area (Å²) in [5.41, 5.74) is -0.462. The molecule has 0 N–H and O–H groups in total. The molecule has 0 fully saturated rings. The van der Waals surface area contributed by atoms with Crippen LogP contribution in [-0.4, -0.2) is 23.9 Å². The zero-order chi connectivity index (χ0) is 15.3. The second-order valence-corrected chi connectivity index (χ2v) is 3.79. The molecule has 9 heteroatoms. The van der Waals surface area contributed by atoms with Crippen molar-refractivity contribution in [1.82, 2.24) is 4.98 Å². The molecule has 0 atom stereocenters. The smallest absolute Gasteiger partial charge is 0.466 e. The van der Waals surface area contributed by atoms with Gasteiger partial charge in [0.2, 0.25) is 0 Å². The van der Waals surface area contributed by atoms with Gasteiger partial charge in [-0.2, -0.15) is 0 Å². The van der Waals surface area contributed by atoms with Gasteiger partial charge in [0.1, 0.15) is 0 Å². The Morgan fingerprint density at radius 2 is 2.10 bits per heavy atom. The fourth-order valence-electron chi connectivity index (χ4n) is 1.43. The number of hydrogen-bond acceptors (Lipinski definition) is 4. The quantitative estimate of drug-likeness (QED) is 0.476. The molecular formula is C11H10ClF4NO3. The number of esters is 1. The zero-order valence-electron chi connectivity index (χ0n) is 10.3. The van der Waals surface area contributed by atoms with Gasteiger partial charge in [0.15, 0.2) is 11.6 Å². The summed E-state index contributed by atoms with van der Waals surface area (Å²) in [5, 5.41) is 0. The molecule has 1 aromatic rings. The molecule has 0 saturated heterocycles. The maximum absolute atomic E-state index is 13.5. The van der Waals surface area contributed by atoms with Crippen LogP contribution in [0.15, 0.2) is 6.20 Å². The Morgan fingerprint density at radius 3 is 2.60 bits per heavy atom. The van der Waals surface area contributed by atoms with Gasteiger partial charge in [0.05, 0.1) is 30.8 Å². The van der Waals surface area contributed by atoms with Gasteiger partial charge in [-0.25, -0.2) is 4.39 Å². The van der Waals surface area contributed by atoms with Gasteiger partial charge < -0.3 is 9.47 Å². The molecule has 20 heavy (non-hydrogen) atoms. The van der Waals surface area contributed by atoms with Gasteiger partial charge in [0, 0.05) is 5.56 Å². The van der Waals surface area contributed by atoms with Crippen molar-refractivity contribution in [3.63, 3.8) is 0 Å². The second-order valence-electron chi connectivity index (χ2n) is 3.52. The summed E-state index contributed by atoms with van der Waals surface area (Å²) < 4.78 is 58.4. The van der Waals surface area contributed by atoms with Crippen LogP contribution in [0.25, 0.3) is 0 Å². The van der Waals surface area contributed by atoms with E-state index in [1.807, 2.05) is 0 Å². The minimum absolute atomic E-state index is 0.0350. The SMILES string of the molecule is CCOC(=O)Cc1c(CCl)ncc(F)c1OC(F)(F)F. The van der Waals surface area contributed by atoms with Crippen molar-refractivity contribution in [2.24, 2.45) is 0 Å². The van der Waals surface area contributed by atoms with Crippen molar-refractivity contribution in [3.05, 3.63) is 23.3 Å². The van der Waals surface area contributed by atoms with E-state index in [0.29, 0.717) is 6.20 Å². The number of carbonyl (C=O) groups excluding carboxylic acids is 1. The summed E-state index contributed by atoms with van der Waals surface area (Å²) in [4.78, 5) is 14.9. The molecular weight excluding hydrogens is 306 g/mol. The summed E-state index contributed by atoms with van der Waals surface area (Å²) in [6.45, 7) is 1.56. The average molecular weight is 316 g/mol. The van der Waals surface area contributed by atoms with Crippen LogP contribution in [0.5, 0.6) is 5.75 Å². The van der Waals surface area contributed by atoms with Gasteiger partial charge >= 0.3 is 12.3 Å². The highest BCUT2D eigenvalue weighted by molar-refractivity contribution is 6.17. The Bertz CT molecular complexity index is 493. The second kappa shape index (κ2) is 6.74. The third-order valence-corrected chi connectivity index (χ3v) is 2.40. The third kappa shape index (κ3) is 4.52. The molecule has 0 aromatic carbocycles. The predicted octanol–water partition coefficient (Wildman–Crippen LogP) is 2.96. The molecule has 0 amide bonds. The Balaban J connectivity index is 3.21. The van der Waals surface area contributed by atoms with Crippen LogP contribution >= 0.6 is 11.6 Å². The van der Waals surface area contributed by atoms with Crippen LogP contribution in [-0.2, 0) is 21.8 Å². The molecule has 0 aliphatic heterocycles. The zero-order valence-corrected chi connectivity index (χ0v) is 11.0. The van der Waals surface area contributed by atoms with Crippen molar-refractivity contribution in [2.45, 2.75) is 25.6 Å². The lowest BCUT2D eigenvalue weighted by Gasteiger charge is -2.15. The number of rotatable bonds is 5. The number of aromatic nitrogens is 1. The number of carbonyl (C=O) groups is 1. The molecule has 1 aromatic heterocycles. The van der Waals surface area contributed by atoms with Crippen molar-refractivity contribution in [3.8, 4) is 5.75 Å². The predicted molar refractivity (Wildman–Crippen MR) is 60.8 cm³/mol. The lowest BCUT2D eigenvalue weighted by Crippen LogP contribution is -2.21. The Labute approximate surface area is 116 Å². The number of alkyl halides is 4. The van der Waals surface area contributed by atoms with Gasteiger partial charge in [-0.15, -0.1) is 24.8 Å².